The molecule has 0 spiro atoms. The summed E-state index contributed by atoms with van der Waals surface area (Å²) < 4.78 is 18.9. The van der Waals surface area contributed by atoms with E-state index in [9.17, 15) is 4.39 Å². The van der Waals surface area contributed by atoms with Crippen LogP contribution in [0.25, 0.3) is 0 Å². The van der Waals surface area contributed by atoms with E-state index in [1.54, 1.807) is 19.2 Å². The quantitative estimate of drug-likeness (QED) is 0.375. The highest BCUT2D eigenvalue weighted by Gasteiger charge is 2.31. The van der Waals surface area contributed by atoms with Gasteiger partial charge in [0.2, 0.25) is 0 Å². The number of likely N-dealkylation sites (tertiary alicyclic amines) is 1. The van der Waals surface area contributed by atoms with Crippen LogP contribution in [0.15, 0.2) is 29.3 Å². The zero-order chi connectivity index (χ0) is 18.4. The average molecular weight is 478 g/mol. The van der Waals surface area contributed by atoms with Crippen LogP contribution in [-0.2, 0) is 0 Å². The van der Waals surface area contributed by atoms with Gasteiger partial charge in [-0.15, -0.1) is 24.0 Å². The standard InChI is InChI=1S/C19H31FN4O.HI/c1-13(2)24-11-14(3)18(12-24)23-19(21-5)22-10-15(4)25-17-8-6-7-16(20)9-17;/h6-9,13-15,18H,10-12H2,1-5H3,(H2,21,22,23);1H. The van der Waals surface area contributed by atoms with E-state index in [0.29, 0.717) is 30.3 Å². The zero-order valence-electron chi connectivity index (χ0n) is 16.3. The van der Waals surface area contributed by atoms with E-state index in [-0.39, 0.29) is 35.9 Å². The topological polar surface area (TPSA) is 48.9 Å². The first-order valence-corrected chi connectivity index (χ1v) is 9.02. The van der Waals surface area contributed by atoms with Crippen molar-refractivity contribution in [3.63, 3.8) is 0 Å². The normalized spacial score (nSPS) is 22.0. The summed E-state index contributed by atoms with van der Waals surface area (Å²) in [4.78, 5) is 6.79. The van der Waals surface area contributed by atoms with Crippen molar-refractivity contribution >= 4 is 29.9 Å². The maximum absolute atomic E-state index is 13.2. The molecular formula is C19H32FIN4O. The van der Waals surface area contributed by atoms with Gasteiger partial charge >= 0.3 is 0 Å². The van der Waals surface area contributed by atoms with Crippen molar-refractivity contribution in [3.8, 4) is 5.75 Å². The van der Waals surface area contributed by atoms with Gasteiger partial charge in [-0.25, -0.2) is 4.39 Å². The molecule has 0 amide bonds. The molecule has 0 radical (unpaired) electrons. The molecule has 1 aromatic rings. The van der Waals surface area contributed by atoms with E-state index in [4.69, 9.17) is 4.74 Å². The lowest BCUT2D eigenvalue weighted by molar-refractivity contribution is 0.222. The van der Waals surface area contributed by atoms with E-state index in [0.717, 1.165) is 19.0 Å². The van der Waals surface area contributed by atoms with Crippen LogP contribution in [0.5, 0.6) is 5.75 Å². The summed E-state index contributed by atoms with van der Waals surface area (Å²) in [5.74, 6) is 1.59. The number of benzene rings is 1. The summed E-state index contributed by atoms with van der Waals surface area (Å²) in [6.07, 6.45) is -0.103. The molecule has 2 N–H and O–H groups in total. The van der Waals surface area contributed by atoms with Crippen molar-refractivity contribution in [1.82, 2.24) is 15.5 Å². The number of rotatable bonds is 6. The molecule has 0 bridgehead atoms. The molecule has 1 aromatic carbocycles. The van der Waals surface area contributed by atoms with Gasteiger partial charge in [0.15, 0.2) is 5.96 Å². The number of hydrogen-bond donors (Lipinski definition) is 2. The summed E-state index contributed by atoms with van der Waals surface area (Å²) in [5.41, 5.74) is 0. The first-order chi connectivity index (χ1) is 11.9. The Hall–Kier alpha value is -1.09. The number of ether oxygens (including phenoxy) is 1. The third-order valence-electron chi connectivity index (χ3n) is 4.61. The fraction of sp³-hybridized carbons (Fsp3) is 0.632. The Morgan fingerprint density at radius 3 is 2.65 bits per heavy atom. The summed E-state index contributed by atoms with van der Waals surface area (Å²) in [7, 11) is 1.77. The highest BCUT2D eigenvalue weighted by Crippen LogP contribution is 2.18. The second-order valence-corrected chi connectivity index (χ2v) is 7.11. The van der Waals surface area contributed by atoms with Crippen molar-refractivity contribution in [3.05, 3.63) is 30.1 Å². The number of halogens is 2. The Balaban J connectivity index is 0.00000338. The third kappa shape index (κ3) is 6.90. The molecule has 3 unspecified atom stereocenters. The highest BCUT2D eigenvalue weighted by atomic mass is 127. The molecular weight excluding hydrogens is 446 g/mol. The first kappa shape index (κ1) is 23.0. The van der Waals surface area contributed by atoms with E-state index in [2.05, 4.69) is 41.3 Å². The van der Waals surface area contributed by atoms with Gasteiger partial charge in [0.25, 0.3) is 0 Å². The molecule has 148 valence electrons. The lowest BCUT2D eigenvalue weighted by atomic mass is 10.1. The number of hydrogen-bond acceptors (Lipinski definition) is 3. The molecule has 0 aliphatic carbocycles. The molecule has 1 heterocycles. The zero-order valence-corrected chi connectivity index (χ0v) is 18.7. The third-order valence-corrected chi connectivity index (χ3v) is 4.61. The van der Waals surface area contributed by atoms with Gasteiger partial charge in [-0.1, -0.05) is 13.0 Å². The van der Waals surface area contributed by atoms with Crippen LogP contribution in [0, 0.1) is 11.7 Å². The van der Waals surface area contributed by atoms with E-state index >= 15 is 0 Å². The second kappa shape index (κ2) is 10.9. The van der Waals surface area contributed by atoms with Crippen LogP contribution in [0.1, 0.15) is 27.7 Å². The number of nitrogens with zero attached hydrogens (tertiary/aromatic N) is 2. The average Bonchev–Trinajstić information content (AvgIpc) is 2.92. The van der Waals surface area contributed by atoms with Gasteiger partial charge < -0.3 is 15.4 Å². The fourth-order valence-corrected chi connectivity index (χ4v) is 3.04. The first-order valence-electron chi connectivity index (χ1n) is 9.02. The maximum atomic E-state index is 13.2. The second-order valence-electron chi connectivity index (χ2n) is 7.11. The molecule has 26 heavy (non-hydrogen) atoms. The minimum absolute atomic E-state index is 0. The predicted octanol–water partition coefficient (Wildman–Crippen LogP) is 3.10. The molecule has 1 aliphatic rings. The Kier molecular flexibility index (Phi) is 9.63. The summed E-state index contributed by atoms with van der Waals surface area (Å²) in [6, 6.07) is 7.15. The van der Waals surface area contributed by atoms with Gasteiger partial charge in [-0.3, -0.25) is 9.89 Å². The largest absolute Gasteiger partial charge is 0.489 e. The highest BCUT2D eigenvalue weighted by molar-refractivity contribution is 14.0. The number of aliphatic imine (C=N–C) groups is 1. The Morgan fingerprint density at radius 2 is 2.08 bits per heavy atom. The summed E-state index contributed by atoms with van der Waals surface area (Å²) in [5, 5.41) is 6.81. The molecule has 2 rings (SSSR count). The molecule has 7 heteroatoms. The maximum Gasteiger partial charge on any atom is 0.191 e. The van der Waals surface area contributed by atoms with Crippen LogP contribution in [-0.4, -0.2) is 55.7 Å². The van der Waals surface area contributed by atoms with Crippen LogP contribution in [0.4, 0.5) is 4.39 Å². The van der Waals surface area contributed by atoms with E-state index in [1.807, 2.05) is 6.92 Å². The molecule has 1 fully saturated rings. The van der Waals surface area contributed by atoms with Gasteiger partial charge in [-0.05, 0) is 38.8 Å². The molecule has 5 nitrogen and oxygen atoms in total. The van der Waals surface area contributed by atoms with Crippen molar-refractivity contribution in [2.24, 2.45) is 10.9 Å². The van der Waals surface area contributed by atoms with E-state index in [1.165, 1.54) is 12.1 Å². The van der Waals surface area contributed by atoms with Crippen molar-refractivity contribution in [2.45, 2.75) is 45.9 Å². The SMILES string of the molecule is CN=C(NCC(C)Oc1cccc(F)c1)NC1CN(C(C)C)CC1C.I. The Bertz CT molecular complexity index is 584. The molecule has 1 saturated heterocycles. The van der Waals surface area contributed by atoms with Gasteiger partial charge in [-0.2, -0.15) is 0 Å². The van der Waals surface area contributed by atoms with Gasteiger partial charge in [0, 0.05) is 38.3 Å². The Morgan fingerprint density at radius 1 is 1.35 bits per heavy atom. The minimum Gasteiger partial charge on any atom is -0.489 e. The molecule has 0 aromatic heterocycles. The molecule has 3 atom stereocenters. The fourth-order valence-electron chi connectivity index (χ4n) is 3.04. The molecule has 0 saturated carbocycles. The lowest BCUT2D eigenvalue weighted by Gasteiger charge is -2.23. The molecule has 1 aliphatic heterocycles. The number of nitrogens with one attached hydrogen (secondary N) is 2. The Labute approximate surface area is 173 Å². The van der Waals surface area contributed by atoms with E-state index < -0.39 is 0 Å². The lowest BCUT2D eigenvalue weighted by Crippen LogP contribution is -2.48. The van der Waals surface area contributed by atoms with Crippen LogP contribution < -0.4 is 15.4 Å². The van der Waals surface area contributed by atoms with Gasteiger partial charge in [0.1, 0.15) is 17.7 Å². The number of guanidine groups is 1. The minimum atomic E-state index is -0.292. The summed E-state index contributed by atoms with van der Waals surface area (Å²) in [6.45, 7) is 11.4. The summed E-state index contributed by atoms with van der Waals surface area (Å²) >= 11 is 0. The van der Waals surface area contributed by atoms with Crippen LogP contribution >= 0.6 is 24.0 Å². The van der Waals surface area contributed by atoms with Crippen molar-refractivity contribution in [1.29, 1.82) is 0 Å². The predicted molar refractivity (Wildman–Crippen MR) is 116 cm³/mol. The van der Waals surface area contributed by atoms with Crippen molar-refractivity contribution in [2.75, 3.05) is 26.7 Å². The van der Waals surface area contributed by atoms with Gasteiger partial charge in [0.05, 0.1) is 6.54 Å². The monoisotopic (exact) mass is 478 g/mol. The smallest absolute Gasteiger partial charge is 0.191 e. The van der Waals surface area contributed by atoms with Crippen molar-refractivity contribution < 1.29 is 9.13 Å². The van der Waals surface area contributed by atoms with Crippen LogP contribution in [0.3, 0.4) is 0 Å². The van der Waals surface area contributed by atoms with Crippen LogP contribution in [0.2, 0.25) is 0 Å².